The minimum absolute atomic E-state index is 0. The van der Waals surface area contributed by atoms with E-state index in [-0.39, 0.29) is 24.0 Å². The molecule has 0 heterocycles. The molecule has 0 spiro atoms. The van der Waals surface area contributed by atoms with Crippen molar-refractivity contribution in [1.82, 2.24) is 15.5 Å². The van der Waals surface area contributed by atoms with Gasteiger partial charge in [0, 0.05) is 52.5 Å². The molecule has 0 aliphatic heterocycles. The van der Waals surface area contributed by atoms with Crippen molar-refractivity contribution in [3.05, 3.63) is 35.1 Å². The number of hydrogen-bond acceptors (Lipinski definition) is 4. The largest absolute Gasteiger partial charge is 0.385 e. The smallest absolute Gasteiger partial charge is 0.191 e. The number of benzene rings is 1. The Hall–Kier alpha value is -1.44. The molecule has 0 amide bonds. The lowest BCUT2D eigenvalue weighted by Crippen LogP contribution is -2.40. The van der Waals surface area contributed by atoms with Gasteiger partial charge in [0.15, 0.2) is 5.96 Å². The Kier molecular flexibility index (Phi) is 13.0. The van der Waals surface area contributed by atoms with Crippen molar-refractivity contribution < 1.29 is 9.13 Å². The van der Waals surface area contributed by atoms with Crippen LogP contribution in [-0.4, -0.2) is 58.3 Å². The minimum Gasteiger partial charge on any atom is -0.385 e. The van der Waals surface area contributed by atoms with Crippen LogP contribution in [0.3, 0.4) is 0 Å². The molecule has 8 heteroatoms. The van der Waals surface area contributed by atoms with Crippen molar-refractivity contribution in [2.24, 2.45) is 4.99 Å². The molecule has 2 N–H and O–H groups in total. The quantitative estimate of drug-likeness (QED) is 0.254. The summed E-state index contributed by atoms with van der Waals surface area (Å²) < 4.78 is 18.9. The van der Waals surface area contributed by atoms with Crippen LogP contribution < -0.4 is 10.6 Å². The summed E-state index contributed by atoms with van der Waals surface area (Å²) >= 11 is 0. The maximum Gasteiger partial charge on any atom is 0.191 e. The molecule has 0 saturated carbocycles. The van der Waals surface area contributed by atoms with E-state index < -0.39 is 5.82 Å². The number of likely N-dealkylation sites (N-methyl/N-ethyl adjacent to an activating group) is 1. The highest BCUT2D eigenvalue weighted by atomic mass is 127. The molecule has 140 valence electrons. The third-order valence-corrected chi connectivity index (χ3v) is 3.53. The van der Waals surface area contributed by atoms with Crippen LogP contribution in [0.25, 0.3) is 0 Å². The van der Waals surface area contributed by atoms with Gasteiger partial charge < -0.3 is 20.3 Å². The number of aliphatic imine (C=N–C) groups is 1. The normalized spacial score (nSPS) is 11.0. The summed E-state index contributed by atoms with van der Waals surface area (Å²) in [6.07, 6.45) is 0.998. The van der Waals surface area contributed by atoms with Crippen molar-refractivity contribution in [2.75, 3.05) is 47.4 Å². The Labute approximate surface area is 166 Å². The van der Waals surface area contributed by atoms with E-state index in [1.807, 2.05) is 6.07 Å². The number of nitrogens with one attached hydrogen (secondary N) is 2. The predicted molar refractivity (Wildman–Crippen MR) is 109 cm³/mol. The molecular weight excluding hydrogens is 436 g/mol. The number of halogens is 2. The Balaban J connectivity index is 0.00000576. The number of hydrogen-bond donors (Lipinski definition) is 2. The first kappa shape index (κ1) is 23.6. The Bertz CT molecular complexity index is 577. The number of ether oxygens (including phenoxy) is 1. The summed E-state index contributed by atoms with van der Waals surface area (Å²) in [6, 6.07) is 6.37. The molecule has 0 radical (unpaired) electrons. The number of rotatable bonds is 9. The lowest BCUT2D eigenvalue weighted by molar-refractivity contribution is 0.180. The predicted octanol–water partition coefficient (Wildman–Crippen LogP) is 1.95. The van der Waals surface area contributed by atoms with Crippen molar-refractivity contribution >= 4 is 29.9 Å². The van der Waals surface area contributed by atoms with Gasteiger partial charge in [-0.2, -0.15) is 5.26 Å². The van der Waals surface area contributed by atoms with E-state index in [0.717, 1.165) is 32.7 Å². The molecule has 6 nitrogen and oxygen atoms in total. The molecule has 25 heavy (non-hydrogen) atoms. The van der Waals surface area contributed by atoms with Crippen LogP contribution >= 0.6 is 24.0 Å². The number of guanidine groups is 1. The van der Waals surface area contributed by atoms with E-state index >= 15 is 0 Å². The summed E-state index contributed by atoms with van der Waals surface area (Å²) in [5.74, 6) is 0.221. The fourth-order valence-electron chi connectivity index (χ4n) is 2.12. The lowest BCUT2D eigenvalue weighted by atomic mass is 10.1. The van der Waals surface area contributed by atoms with Gasteiger partial charge in [-0.1, -0.05) is 6.07 Å². The number of nitriles is 1. The van der Waals surface area contributed by atoms with Gasteiger partial charge in [0.1, 0.15) is 5.82 Å². The van der Waals surface area contributed by atoms with Crippen LogP contribution in [0.2, 0.25) is 0 Å². The van der Waals surface area contributed by atoms with Gasteiger partial charge in [-0.25, -0.2) is 4.39 Å². The zero-order valence-corrected chi connectivity index (χ0v) is 17.3. The summed E-state index contributed by atoms with van der Waals surface area (Å²) in [5, 5.41) is 15.0. The highest BCUT2D eigenvalue weighted by Crippen LogP contribution is 2.09. The van der Waals surface area contributed by atoms with E-state index in [9.17, 15) is 4.39 Å². The molecule has 0 atom stereocenters. The Morgan fingerprint density at radius 2 is 2.12 bits per heavy atom. The molecule has 0 aliphatic rings. The summed E-state index contributed by atoms with van der Waals surface area (Å²) in [7, 11) is 5.43. The molecule has 0 bridgehead atoms. The Morgan fingerprint density at radius 3 is 2.72 bits per heavy atom. The second kappa shape index (κ2) is 13.8. The fourth-order valence-corrected chi connectivity index (χ4v) is 2.12. The maximum atomic E-state index is 13.8. The van der Waals surface area contributed by atoms with E-state index in [1.54, 1.807) is 26.3 Å². The van der Waals surface area contributed by atoms with Crippen molar-refractivity contribution in [2.45, 2.75) is 13.0 Å². The number of nitrogens with zero attached hydrogens (tertiary/aromatic N) is 3. The van der Waals surface area contributed by atoms with Crippen LogP contribution in [0.1, 0.15) is 17.5 Å². The second-order valence-electron chi connectivity index (χ2n) is 5.42. The Morgan fingerprint density at radius 1 is 1.36 bits per heavy atom. The molecule has 0 saturated heterocycles. The topological polar surface area (TPSA) is 72.7 Å². The lowest BCUT2D eigenvalue weighted by Gasteiger charge is -2.18. The zero-order chi connectivity index (χ0) is 17.8. The third kappa shape index (κ3) is 9.57. The average Bonchev–Trinajstić information content (AvgIpc) is 2.59. The van der Waals surface area contributed by atoms with E-state index in [2.05, 4.69) is 27.6 Å². The van der Waals surface area contributed by atoms with E-state index in [0.29, 0.717) is 23.6 Å². The summed E-state index contributed by atoms with van der Waals surface area (Å²) in [5.41, 5.74) is 0.809. The van der Waals surface area contributed by atoms with Gasteiger partial charge in [0.05, 0.1) is 11.6 Å². The van der Waals surface area contributed by atoms with Gasteiger partial charge >= 0.3 is 0 Å². The van der Waals surface area contributed by atoms with Gasteiger partial charge in [0.25, 0.3) is 0 Å². The first-order chi connectivity index (χ1) is 11.6. The molecule has 0 aromatic heterocycles. The van der Waals surface area contributed by atoms with Gasteiger partial charge in [0.2, 0.25) is 0 Å². The van der Waals surface area contributed by atoms with Crippen LogP contribution in [-0.2, 0) is 11.3 Å². The summed E-state index contributed by atoms with van der Waals surface area (Å²) in [6.45, 7) is 3.64. The molecular formula is C17H27FIN5O. The first-order valence-corrected chi connectivity index (χ1v) is 7.91. The highest BCUT2D eigenvalue weighted by Gasteiger charge is 2.05. The third-order valence-electron chi connectivity index (χ3n) is 3.53. The monoisotopic (exact) mass is 463 g/mol. The van der Waals surface area contributed by atoms with Gasteiger partial charge in [-0.3, -0.25) is 4.99 Å². The second-order valence-corrected chi connectivity index (χ2v) is 5.42. The average molecular weight is 463 g/mol. The molecule has 0 aliphatic carbocycles. The van der Waals surface area contributed by atoms with Crippen LogP contribution in [0.15, 0.2) is 23.2 Å². The summed E-state index contributed by atoms with van der Waals surface area (Å²) in [4.78, 5) is 6.33. The van der Waals surface area contributed by atoms with Gasteiger partial charge in [-0.05, 0) is 25.6 Å². The van der Waals surface area contributed by atoms with Crippen molar-refractivity contribution in [1.29, 1.82) is 5.26 Å². The van der Waals surface area contributed by atoms with Crippen molar-refractivity contribution in [3.63, 3.8) is 0 Å². The first-order valence-electron chi connectivity index (χ1n) is 7.91. The maximum absolute atomic E-state index is 13.8. The van der Waals surface area contributed by atoms with E-state index in [4.69, 9.17) is 10.00 Å². The molecule has 1 aromatic rings. The minimum atomic E-state index is -0.394. The van der Waals surface area contributed by atoms with E-state index in [1.165, 1.54) is 6.07 Å². The molecule has 0 fully saturated rings. The van der Waals surface area contributed by atoms with Crippen LogP contribution in [0, 0.1) is 17.1 Å². The molecule has 1 aromatic carbocycles. The zero-order valence-electron chi connectivity index (χ0n) is 15.0. The SMILES string of the molecule is CN=C(NCCN(C)CCCOC)NCc1ccc(C#N)cc1F.I. The highest BCUT2D eigenvalue weighted by molar-refractivity contribution is 14.0. The number of methoxy groups -OCH3 is 1. The standard InChI is InChI=1S/C17H26FN5O.HI/c1-20-17(21-7-9-23(2)8-4-10-24-3)22-13-15-6-5-14(12-19)11-16(15)18;/h5-6,11H,4,7-10,13H2,1-3H3,(H2,20,21,22);1H. The fraction of sp³-hybridized carbons (Fsp3) is 0.529. The van der Waals surface area contributed by atoms with Gasteiger partial charge in [-0.15, -0.1) is 24.0 Å². The van der Waals surface area contributed by atoms with Crippen molar-refractivity contribution in [3.8, 4) is 6.07 Å². The van der Waals surface area contributed by atoms with Crippen LogP contribution in [0.4, 0.5) is 4.39 Å². The molecule has 1 rings (SSSR count). The van der Waals surface area contributed by atoms with Crippen LogP contribution in [0.5, 0.6) is 0 Å². The molecule has 0 unspecified atom stereocenters.